The lowest BCUT2D eigenvalue weighted by molar-refractivity contribution is 0.00627. The lowest BCUT2D eigenvalue weighted by Crippen LogP contribution is -2.24. The van der Waals surface area contributed by atoms with Crippen LogP contribution in [0.3, 0.4) is 0 Å². The summed E-state index contributed by atoms with van der Waals surface area (Å²) in [6.07, 6.45) is 1.71. The number of H-pyrrole nitrogens is 1. The monoisotopic (exact) mass is 316 g/mol. The molecule has 2 N–H and O–H groups in total. The first kappa shape index (κ1) is 17.0. The minimum absolute atomic E-state index is 0.356. The molecule has 0 aromatic carbocycles. The van der Waals surface area contributed by atoms with Crippen LogP contribution < -0.4 is 5.32 Å². The maximum atomic E-state index is 12.3. The van der Waals surface area contributed by atoms with Gasteiger partial charge in [0, 0.05) is 24.0 Å². The number of hydrogen-bond acceptors (Lipinski definition) is 5. The van der Waals surface area contributed by atoms with E-state index in [2.05, 4.69) is 20.3 Å². The maximum Gasteiger partial charge on any atom is 0.355 e. The van der Waals surface area contributed by atoms with Crippen LogP contribution in [0, 0.1) is 13.8 Å². The molecule has 124 valence electrons. The Morgan fingerprint density at radius 3 is 2.65 bits per heavy atom. The summed E-state index contributed by atoms with van der Waals surface area (Å²) in [7, 11) is 0. The lowest BCUT2D eigenvalue weighted by Gasteiger charge is -2.19. The van der Waals surface area contributed by atoms with E-state index in [1.165, 1.54) is 0 Å². The molecule has 2 aromatic heterocycles. The van der Waals surface area contributed by atoms with Crippen LogP contribution >= 0.6 is 0 Å². The van der Waals surface area contributed by atoms with Crippen LogP contribution in [-0.4, -0.2) is 33.1 Å². The van der Waals surface area contributed by atoms with E-state index in [0.29, 0.717) is 11.6 Å². The molecule has 0 unspecified atom stereocenters. The highest BCUT2D eigenvalue weighted by Gasteiger charge is 2.24. The number of rotatable bonds is 4. The van der Waals surface area contributed by atoms with E-state index in [0.717, 1.165) is 29.1 Å². The minimum atomic E-state index is -0.532. The van der Waals surface area contributed by atoms with Gasteiger partial charge in [0.1, 0.15) is 11.3 Å². The SMILES string of the molecule is CCNc1nccc(-c2c(C)[nH]c(C(=O)OC(C)(C)C)c2C)n1. The van der Waals surface area contributed by atoms with E-state index in [-0.39, 0.29) is 5.97 Å². The van der Waals surface area contributed by atoms with Crippen LogP contribution in [0.2, 0.25) is 0 Å². The van der Waals surface area contributed by atoms with E-state index in [4.69, 9.17) is 4.74 Å². The highest BCUT2D eigenvalue weighted by atomic mass is 16.6. The van der Waals surface area contributed by atoms with Gasteiger partial charge in [-0.05, 0) is 53.2 Å². The van der Waals surface area contributed by atoms with Crippen molar-refractivity contribution in [3.05, 3.63) is 29.2 Å². The van der Waals surface area contributed by atoms with Crippen LogP contribution in [-0.2, 0) is 4.74 Å². The van der Waals surface area contributed by atoms with Gasteiger partial charge >= 0.3 is 5.97 Å². The lowest BCUT2D eigenvalue weighted by atomic mass is 10.1. The molecule has 0 atom stereocenters. The molecule has 23 heavy (non-hydrogen) atoms. The zero-order valence-electron chi connectivity index (χ0n) is 14.6. The van der Waals surface area contributed by atoms with Gasteiger partial charge in [0.25, 0.3) is 0 Å². The molecular formula is C17H24N4O2. The predicted molar refractivity (Wildman–Crippen MR) is 90.6 cm³/mol. The average Bonchev–Trinajstić information content (AvgIpc) is 2.73. The molecule has 0 saturated carbocycles. The van der Waals surface area contributed by atoms with Crippen molar-refractivity contribution in [2.75, 3.05) is 11.9 Å². The van der Waals surface area contributed by atoms with Crippen LogP contribution in [0.25, 0.3) is 11.3 Å². The molecule has 0 radical (unpaired) electrons. The zero-order chi connectivity index (χ0) is 17.2. The number of ether oxygens (including phenoxy) is 1. The molecule has 0 fully saturated rings. The Balaban J connectivity index is 2.42. The van der Waals surface area contributed by atoms with Gasteiger partial charge in [-0.1, -0.05) is 0 Å². The summed E-state index contributed by atoms with van der Waals surface area (Å²) in [5.41, 5.74) is 3.33. The summed E-state index contributed by atoms with van der Waals surface area (Å²) in [5, 5.41) is 3.09. The third-order valence-electron chi connectivity index (χ3n) is 3.29. The van der Waals surface area contributed by atoms with Crippen molar-refractivity contribution in [3.8, 4) is 11.3 Å². The number of carbonyl (C=O) groups excluding carboxylic acids is 1. The molecule has 6 heteroatoms. The first-order chi connectivity index (χ1) is 10.7. The van der Waals surface area contributed by atoms with Crippen molar-refractivity contribution in [1.82, 2.24) is 15.0 Å². The van der Waals surface area contributed by atoms with Gasteiger partial charge < -0.3 is 15.0 Å². The quantitative estimate of drug-likeness (QED) is 0.844. The van der Waals surface area contributed by atoms with Crippen LogP contribution in [0.4, 0.5) is 5.95 Å². The van der Waals surface area contributed by atoms with Crippen molar-refractivity contribution in [3.63, 3.8) is 0 Å². The summed E-state index contributed by atoms with van der Waals surface area (Å²) < 4.78 is 5.46. The van der Waals surface area contributed by atoms with Crippen molar-refractivity contribution >= 4 is 11.9 Å². The summed E-state index contributed by atoms with van der Waals surface area (Å²) in [5.74, 6) is 0.217. The Labute approximate surface area is 136 Å². The Kier molecular flexibility index (Phi) is 4.73. The molecule has 0 aliphatic heterocycles. The van der Waals surface area contributed by atoms with E-state index in [1.807, 2.05) is 47.6 Å². The Hall–Kier alpha value is -2.37. The zero-order valence-corrected chi connectivity index (χ0v) is 14.6. The predicted octanol–water partition coefficient (Wildman–Crippen LogP) is 3.48. The van der Waals surface area contributed by atoms with Crippen LogP contribution in [0.15, 0.2) is 12.3 Å². The fourth-order valence-electron chi connectivity index (χ4n) is 2.41. The second kappa shape index (κ2) is 6.40. The second-order valence-corrected chi connectivity index (χ2v) is 6.42. The molecule has 0 saturated heterocycles. The van der Waals surface area contributed by atoms with Gasteiger partial charge in [0.2, 0.25) is 5.95 Å². The van der Waals surface area contributed by atoms with Crippen molar-refractivity contribution in [2.24, 2.45) is 0 Å². The number of aromatic amines is 1. The van der Waals surface area contributed by atoms with Crippen molar-refractivity contribution in [2.45, 2.75) is 47.1 Å². The van der Waals surface area contributed by atoms with Gasteiger partial charge in [-0.25, -0.2) is 14.8 Å². The minimum Gasteiger partial charge on any atom is -0.455 e. The maximum absolute atomic E-state index is 12.3. The largest absolute Gasteiger partial charge is 0.455 e. The number of hydrogen-bond donors (Lipinski definition) is 2. The molecule has 6 nitrogen and oxygen atoms in total. The van der Waals surface area contributed by atoms with Crippen molar-refractivity contribution in [1.29, 1.82) is 0 Å². The number of anilines is 1. The van der Waals surface area contributed by atoms with Crippen molar-refractivity contribution < 1.29 is 9.53 Å². The summed E-state index contributed by atoms with van der Waals surface area (Å²) in [6, 6.07) is 1.84. The molecular weight excluding hydrogens is 292 g/mol. The van der Waals surface area contributed by atoms with Gasteiger partial charge in [0.15, 0.2) is 0 Å². The van der Waals surface area contributed by atoms with E-state index in [1.54, 1.807) is 6.20 Å². The molecule has 0 bridgehead atoms. The third-order valence-corrected chi connectivity index (χ3v) is 3.29. The fourth-order valence-corrected chi connectivity index (χ4v) is 2.41. The number of nitrogens with one attached hydrogen (secondary N) is 2. The Morgan fingerprint density at radius 1 is 1.35 bits per heavy atom. The second-order valence-electron chi connectivity index (χ2n) is 6.42. The molecule has 2 heterocycles. The first-order valence-electron chi connectivity index (χ1n) is 7.72. The van der Waals surface area contributed by atoms with Crippen LogP contribution in [0.5, 0.6) is 0 Å². The van der Waals surface area contributed by atoms with Crippen LogP contribution in [0.1, 0.15) is 49.4 Å². The molecule has 2 rings (SSSR count). The molecule has 2 aromatic rings. The number of nitrogens with zero attached hydrogens (tertiary/aromatic N) is 2. The molecule has 0 spiro atoms. The van der Waals surface area contributed by atoms with E-state index in [9.17, 15) is 4.79 Å². The smallest absolute Gasteiger partial charge is 0.355 e. The molecule has 0 amide bonds. The normalized spacial score (nSPS) is 11.4. The van der Waals surface area contributed by atoms with Gasteiger partial charge in [-0.3, -0.25) is 0 Å². The number of aryl methyl sites for hydroxylation is 1. The third kappa shape index (κ3) is 3.88. The number of esters is 1. The summed E-state index contributed by atoms with van der Waals surface area (Å²) in [6.45, 7) is 12.1. The average molecular weight is 316 g/mol. The summed E-state index contributed by atoms with van der Waals surface area (Å²) >= 11 is 0. The number of carbonyl (C=O) groups is 1. The van der Waals surface area contributed by atoms with Gasteiger partial charge in [0.05, 0.1) is 5.69 Å². The standard InChI is InChI=1S/C17H24N4O2/c1-7-18-16-19-9-8-12(21-16)13-10(2)14(20-11(13)3)15(22)23-17(4,5)6/h8-9,20H,7H2,1-6H3,(H,18,19,21). The highest BCUT2D eigenvalue weighted by molar-refractivity contribution is 5.92. The fraction of sp³-hybridized carbons (Fsp3) is 0.471. The molecule has 0 aliphatic rings. The van der Waals surface area contributed by atoms with Gasteiger partial charge in [-0.15, -0.1) is 0 Å². The van der Waals surface area contributed by atoms with Gasteiger partial charge in [-0.2, -0.15) is 0 Å². The number of aromatic nitrogens is 3. The first-order valence-corrected chi connectivity index (χ1v) is 7.72. The molecule has 0 aliphatic carbocycles. The highest BCUT2D eigenvalue weighted by Crippen LogP contribution is 2.29. The Morgan fingerprint density at radius 2 is 2.04 bits per heavy atom. The van der Waals surface area contributed by atoms with E-state index >= 15 is 0 Å². The van der Waals surface area contributed by atoms with E-state index < -0.39 is 5.60 Å². The Bertz CT molecular complexity index is 714. The summed E-state index contributed by atoms with van der Waals surface area (Å²) in [4.78, 5) is 24.2. The topological polar surface area (TPSA) is 79.9 Å².